The number of amides is 4. The van der Waals surface area contributed by atoms with Crippen molar-refractivity contribution in [2.45, 2.75) is 31.7 Å². The number of hydrogen-bond donors (Lipinski definition) is 1. The van der Waals surface area contributed by atoms with Gasteiger partial charge in [-0.25, -0.2) is 9.18 Å². The smallest absolute Gasteiger partial charge is 0.319 e. The van der Waals surface area contributed by atoms with Gasteiger partial charge in [-0.2, -0.15) is 0 Å². The molecule has 29 heavy (non-hydrogen) atoms. The summed E-state index contributed by atoms with van der Waals surface area (Å²) in [7, 11) is 0. The van der Waals surface area contributed by atoms with Crippen LogP contribution in [0.4, 0.5) is 14.9 Å². The molecule has 2 aromatic rings. The number of halogens is 1. The summed E-state index contributed by atoms with van der Waals surface area (Å²) < 4.78 is 13.2. The topological polar surface area (TPSA) is 69.7 Å². The molecule has 0 aromatic heterocycles. The molecule has 1 N–H and O–H groups in total. The summed E-state index contributed by atoms with van der Waals surface area (Å²) in [5, 5.41) is 2.85. The maximum atomic E-state index is 13.3. The quantitative estimate of drug-likeness (QED) is 0.810. The number of aryl methyl sites for hydroxylation is 1. The van der Waals surface area contributed by atoms with Crippen molar-refractivity contribution in [2.24, 2.45) is 0 Å². The zero-order valence-corrected chi connectivity index (χ0v) is 16.2. The van der Waals surface area contributed by atoms with Gasteiger partial charge >= 0.3 is 6.03 Å². The minimum atomic E-state index is -1.10. The molecule has 1 spiro atoms. The number of anilines is 1. The first-order valence-corrected chi connectivity index (χ1v) is 9.74. The molecule has 2 aromatic carbocycles. The second kappa shape index (κ2) is 7.31. The van der Waals surface area contributed by atoms with Gasteiger partial charge in [0.05, 0.1) is 0 Å². The van der Waals surface area contributed by atoms with Crippen molar-refractivity contribution in [3.05, 3.63) is 65.5 Å². The van der Waals surface area contributed by atoms with Gasteiger partial charge < -0.3 is 10.2 Å². The predicted octanol–water partition coefficient (Wildman–Crippen LogP) is 2.96. The summed E-state index contributed by atoms with van der Waals surface area (Å²) in [5.41, 5.74) is 1.27. The molecule has 0 radical (unpaired) electrons. The Balaban J connectivity index is 1.59. The number of urea groups is 1. The van der Waals surface area contributed by atoms with E-state index in [1.807, 2.05) is 24.3 Å². The molecule has 2 aliphatic rings. The van der Waals surface area contributed by atoms with E-state index < -0.39 is 29.2 Å². The Labute approximate surface area is 168 Å². The highest BCUT2D eigenvalue weighted by Gasteiger charge is 2.54. The molecule has 150 valence electrons. The van der Waals surface area contributed by atoms with Crippen LogP contribution in [-0.4, -0.2) is 35.8 Å². The van der Waals surface area contributed by atoms with Crippen LogP contribution < -0.4 is 10.2 Å². The van der Waals surface area contributed by atoms with Crippen LogP contribution in [0.2, 0.25) is 0 Å². The average molecular weight is 395 g/mol. The molecule has 0 bridgehead atoms. The second-order valence-electron chi connectivity index (χ2n) is 7.35. The predicted molar refractivity (Wildman–Crippen MR) is 106 cm³/mol. The Morgan fingerprint density at radius 2 is 1.90 bits per heavy atom. The number of benzene rings is 2. The molecule has 6 nitrogen and oxygen atoms in total. The summed E-state index contributed by atoms with van der Waals surface area (Å²) in [6.45, 7) is 1.76. The summed E-state index contributed by atoms with van der Waals surface area (Å²) in [6, 6.07) is 12.6. The molecule has 1 fully saturated rings. The number of fused-ring (bicyclic) bond motifs is 2. The highest BCUT2D eigenvalue weighted by Crippen LogP contribution is 2.39. The largest absolute Gasteiger partial charge is 0.325 e. The number of nitrogens with one attached hydrogen (secondary N) is 1. The molecule has 0 unspecified atom stereocenters. The molecule has 4 amide bonds. The van der Waals surface area contributed by atoms with Crippen LogP contribution in [0.25, 0.3) is 0 Å². The van der Waals surface area contributed by atoms with Crippen molar-refractivity contribution in [3.63, 3.8) is 0 Å². The lowest BCUT2D eigenvalue weighted by Crippen LogP contribution is -2.47. The van der Waals surface area contributed by atoms with E-state index in [1.54, 1.807) is 6.92 Å². The molecule has 1 saturated heterocycles. The molecule has 4 rings (SSSR count). The summed E-state index contributed by atoms with van der Waals surface area (Å²) in [6.07, 6.45) is 2.14. The molecule has 7 heteroatoms. The van der Waals surface area contributed by atoms with Gasteiger partial charge in [0.15, 0.2) is 0 Å². The van der Waals surface area contributed by atoms with Crippen LogP contribution in [-0.2, 0) is 21.5 Å². The lowest BCUT2D eigenvalue weighted by molar-refractivity contribution is -0.135. The van der Waals surface area contributed by atoms with Crippen LogP contribution in [0.1, 0.15) is 30.9 Å². The maximum absolute atomic E-state index is 13.3. The number of rotatable bonds is 4. The Morgan fingerprint density at radius 3 is 2.62 bits per heavy atom. The molecular formula is C22H22FN3O3. The van der Waals surface area contributed by atoms with Crippen molar-refractivity contribution in [3.8, 4) is 0 Å². The van der Waals surface area contributed by atoms with Crippen molar-refractivity contribution < 1.29 is 18.8 Å². The van der Waals surface area contributed by atoms with E-state index in [1.165, 1.54) is 29.2 Å². The van der Waals surface area contributed by atoms with Crippen LogP contribution >= 0.6 is 0 Å². The highest BCUT2D eigenvalue weighted by molar-refractivity contribution is 6.11. The fraction of sp³-hybridized carbons (Fsp3) is 0.318. The highest BCUT2D eigenvalue weighted by atomic mass is 19.1. The van der Waals surface area contributed by atoms with Crippen molar-refractivity contribution in [1.82, 2.24) is 10.2 Å². The van der Waals surface area contributed by atoms with E-state index >= 15 is 0 Å². The van der Waals surface area contributed by atoms with Gasteiger partial charge in [0.1, 0.15) is 17.9 Å². The van der Waals surface area contributed by atoms with Gasteiger partial charge in [-0.15, -0.1) is 0 Å². The summed E-state index contributed by atoms with van der Waals surface area (Å²) in [4.78, 5) is 41.3. The van der Waals surface area contributed by atoms with E-state index in [0.29, 0.717) is 18.7 Å². The minimum Gasteiger partial charge on any atom is -0.319 e. The van der Waals surface area contributed by atoms with Crippen LogP contribution in [0.5, 0.6) is 0 Å². The van der Waals surface area contributed by atoms with E-state index in [4.69, 9.17) is 0 Å². The second-order valence-corrected chi connectivity index (χ2v) is 7.35. The van der Waals surface area contributed by atoms with E-state index in [-0.39, 0.29) is 6.54 Å². The number of likely N-dealkylation sites (N-methyl/N-ethyl adjacent to an activating group) is 1. The van der Waals surface area contributed by atoms with Gasteiger partial charge in [-0.3, -0.25) is 14.5 Å². The Morgan fingerprint density at radius 1 is 1.17 bits per heavy atom. The lowest BCUT2D eigenvalue weighted by atomic mass is 9.76. The molecule has 0 saturated carbocycles. The standard InChI is InChI=1S/C22H22FN3O3/c1-2-25(17-11-9-16(23)10-12-17)19(27)14-26-20(28)22(24-21(26)29)13-5-7-15-6-3-4-8-18(15)22/h3-4,6,8-12H,2,5,7,13-14H2,1H3,(H,24,29)/t22-/m1/s1. The number of hydrogen-bond acceptors (Lipinski definition) is 3. The third-order valence-electron chi connectivity index (χ3n) is 5.70. The lowest BCUT2D eigenvalue weighted by Gasteiger charge is -2.33. The zero-order chi connectivity index (χ0) is 20.6. The van der Waals surface area contributed by atoms with Crippen LogP contribution in [0.3, 0.4) is 0 Å². The van der Waals surface area contributed by atoms with Gasteiger partial charge in [-0.1, -0.05) is 24.3 Å². The normalized spacial score (nSPS) is 20.6. The molecule has 1 aliphatic heterocycles. The fourth-order valence-corrected chi connectivity index (χ4v) is 4.30. The van der Waals surface area contributed by atoms with E-state index in [2.05, 4.69) is 5.32 Å². The SMILES string of the molecule is CCN(C(=O)CN1C(=O)N[C@@]2(CCCc3ccccc32)C1=O)c1ccc(F)cc1. The minimum absolute atomic E-state index is 0.335. The van der Waals surface area contributed by atoms with Crippen LogP contribution in [0.15, 0.2) is 48.5 Å². The summed E-state index contributed by atoms with van der Waals surface area (Å²) in [5.74, 6) is -1.19. The third-order valence-corrected chi connectivity index (χ3v) is 5.70. The van der Waals surface area contributed by atoms with Crippen molar-refractivity contribution in [1.29, 1.82) is 0 Å². The average Bonchev–Trinajstić information content (AvgIpc) is 2.95. The van der Waals surface area contributed by atoms with Gasteiger partial charge in [0.25, 0.3) is 5.91 Å². The van der Waals surface area contributed by atoms with Crippen LogP contribution in [0, 0.1) is 5.82 Å². The van der Waals surface area contributed by atoms with Gasteiger partial charge in [0, 0.05) is 12.2 Å². The Bertz CT molecular complexity index is 976. The molecule has 1 atom stereocenters. The first kappa shape index (κ1) is 19.1. The van der Waals surface area contributed by atoms with Gasteiger partial charge in [-0.05, 0) is 61.6 Å². The number of carbonyl (C=O) groups is 3. The Kier molecular flexibility index (Phi) is 4.82. The number of carbonyl (C=O) groups excluding carboxylic acids is 3. The zero-order valence-electron chi connectivity index (χ0n) is 16.2. The fourth-order valence-electron chi connectivity index (χ4n) is 4.30. The first-order chi connectivity index (χ1) is 14.0. The van der Waals surface area contributed by atoms with Crippen molar-refractivity contribution >= 4 is 23.5 Å². The number of nitrogens with zero attached hydrogens (tertiary/aromatic N) is 2. The van der Waals surface area contributed by atoms with E-state index in [0.717, 1.165) is 28.9 Å². The first-order valence-electron chi connectivity index (χ1n) is 9.74. The number of imide groups is 1. The van der Waals surface area contributed by atoms with Gasteiger partial charge in [0.2, 0.25) is 5.91 Å². The molecule has 1 aliphatic carbocycles. The summed E-state index contributed by atoms with van der Waals surface area (Å²) >= 11 is 0. The maximum Gasteiger partial charge on any atom is 0.325 e. The molecular weight excluding hydrogens is 373 g/mol. The third kappa shape index (κ3) is 3.16. The Hall–Kier alpha value is -3.22. The monoisotopic (exact) mass is 395 g/mol. The van der Waals surface area contributed by atoms with Crippen molar-refractivity contribution in [2.75, 3.05) is 18.0 Å². The molecule has 1 heterocycles. The van der Waals surface area contributed by atoms with E-state index in [9.17, 15) is 18.8 Å².